The Hall–Kier alpha value is -1.71. The molecule has 3 aliphatic heterocycles. The molecule has 3 aliphatic rings. The van der Waals surface area contributed by atoms with Crippen LogP contribution in [-0.2, 0) is 28.5 Å². The van der Waals surface area contributed by atoms with Crippen molar-refractivity contribution in [2.45, 2.75) is 83.8 Å². The summed E-state index contributed by atoms with van der Waals surface area (Å²) in [7, 11) is 0. The summed E-state index contributed by atoms with van der Waals surface area (Å²) >= 11 is 0. The van der Waals surface area contributed by atoms with Crippen LogP contribution in [-0.4, -0.2) is 54.8 Å². The van der Waals surface area contributed by atoms with E-state index < -0.39 is 42.3 Å². The van der Waals surface area contributed by atoms with Gasteiger partial charge in [-0.15, -0.1) is 0 Å². The molecule has 1 aromatic carbocycles. The van der Waals surface area contributed by atoms with Crippen molar-refractivity contribution in [2.24, 2.45) is 5.92 Å². The van der Waals surface area contributed by atoms with Gasteiger partial charge in [0.1, 0.15) is 24.1 Å². The quantitative estimate of drug-likeness (QED) is 0.782. The van der Waals surface area contributed by atoms with Crippen LogP contribution in [0.5, 0.6) is 5.75 Å². The fourth-order valence-electron chi connectivity index (χ4n) is 3.98. The molecule has 4 rings (SSSR count). The highest BCUT2D eigenvalue weighted by Gasteiger charge is 2.62. The highest BCUT2D eigenvalue weighted by molar-refractivity contribution is 5.96. The van der Waals surface area contributed by atoms with Crippen LogP contribution < -0.4 is 10.1 Å². The Labute approximate surface area is 177 Å². The van der Waals surface area contributed by atoms with Crippen molar-refractivity contribution in [1.82, 2.24) is 0 Å². The van der Waals surface area contributed by atoms with Crippen LogP contribution in [0.25, 0.3) is 0 Å². The summed E-state index contributed by atoms with van der Waals surface area (Å²) in [6.07, 6.45) is -3.22. The third-order valence-corrected chi connectivity index (χ3v) is 5.13. The van der Waals surface area contributed by atoms with Gasteiger partial charge >= 0.3 is 0 Å². The number of nitrogens with one attached hydrogen (secondary N) is 1. The van der Waals surface area contributed by atoms with E-state index in [0.717, 1.165) is 0 Å². The largest absolute Gasteiger partial charge is 0.491 e. The van der Waals surface area contributed by atoms with Crippen molar-refractivity contribution in [3.63, 3.8) is 0 Å². The van der Waals surface area contributed by atoms with Crippen molar-refractivity contribution >= 4 is 11.6 Å². The molecule has 3 fully saturated rings. The summed E-state index contributed by atoms with van der Waals surface area (Å²) in [4.78, 5) is 13.2. The Balaban J connectivity index is 1.54. The maximum atomic E-state index is 13.2. The summed E-state index contributed by atoms with van der Waals surface area (Å²) < 4.78 is 35.8. The SMILES string of the molecule is CC(C)COc1ccccc1NC(=O)[C@@H]1O[C@@H]2OC(C)(C)O[C@@H]2[C@@H]2OC(C)(C)O[C@H]21. The van der Waals surface area contributed by atoms with E-state index in [2.05, 4.69) is 19.2 Å². The average Bonchev–Trinajstić information content (AvgIpc) is 3.13. The number of para-hydroxylation sites is 2. The number of carbonyl (C=O) groups is 1. The van der Waals surface area contributed by atoms with Crippen molar-refractivity contribution in [2.75, 3.05) is 11.9 Å². The second-order valence-electron chi connectivity index (χ2n) is 9.28. The van der Waals surface area contributed by atoms with Gasteiger partial charge in [0.15, 0.2) is 24.0 Å². The minimum Gasteiger partial charge on any atom is -0.491 e. The first-order valence-corrected chi connectivity index (χ1v) is 10.4. The van der Waals surface area contributed by atoms with E-state index >= 15 is 0 Å². The van der Waals surface area contributed by atoms with Crippen molar-refractivity contribution in [3.8, 4) is 5.75 Å². The fraction of sp³-hybridized carbons (Fsp3) is 0.682. The van der Waals surface area contributed by atoms with Gasteiger partial charge in [0.2, 0.25) is 0 Å². The molecule has 3 heterocycles. The number of hydrogen-bond donors (Lipinski definition) is 1. The molecule has 0 aliphatic carbocycles. The minimum absolute atomic E-state index is 0.348. The van der Waals surface area contributed by atoms with E-state index in [1.807, 2.05) is 45.9 Å². The standard InChI is InChI=1S/C22H31NO7/c1-12(2)11-25-14-10-8-7-9-13(14)23-19(24)17-15-16(28-21(3,4)27-15)18-20(26-17)30-22(5,6)29-18/h7-10,12,15-18,20H,11H2,1-6H3,(H,23,24)/t15-,16-,17-,18-,20-/m1/s1. The van der Waals surface area contributed by atoms with Gasteiger partial charge in [0.05, 0.1) is 12.3 Å². The van der Waals surface area contributed by atoms with Crippen molar-refractivity contribution in [1.29, 1.82) is 0 Å². The highest BCUT2D eigenvalue weighted by Crippen LogP contribution is 2.44. The molecule has 0 radical (unpaired) electrons. The van der Waals surface area contributed by atoms with Crippen LogP contribution in [0.1, 0.15) is 41.5 Å². The van der Waals surface area contributed by atoms with Crippen LogP contribution in [0.4, 0.5) is 5.69 Å². The van der Waals surface area contributed by atoms with Gasteiger partial charge in [-0.25, -0.2) is 0 Å². The Bertz CT molecular complexity index is 793. The number of fused-ring (bicyclic) bond motifs is 3. The summed E-state index contributed by atoms with van der Waals surface area (Å²) in [6, 6.07) is 7.33. The molecule has 1 N–H and O–H groups in total. The van der Waals surface area contributed by atoms with Crippen LogP contribution >= 0.6 is 0 Å². The molecular formula is C22H31NO7. The van der Waals surface area contributed by atoms with Gasteiger partial charge in [-0.2, -0.15) is 0 Å². The zero-order valence-corrected chi connectivity index (χ0v) is 18.3. The average molecular weight is 421 g/mol. The summed E-state index contributed by atoms with van der Waals surface area (Å²) in [6.45, 7) is 11.9. The Morgan fingerprint density at radius 3 is 2.37 bits per heavy atom. The molecule has 0 bridgehead atoms. The lowest BCUT2D eigenvalue weighted by atomic mass is 9.98. The number of hydrogen-bond acceptors (Lipinski definition) is 7. The molecule has 8 nitrogen and oxygen atoms in total. The maximum Gasteiger partial charge on any atom is 0.256 e. The topological polar surface area (TPSA) is 84.5 Å². The predicted molar refractivity (Wildman–Crippen MR) is 108 cm³/mol. The van der Waals surface area contributed by atoms with Crippen LogP contribution in [0.15, 0.2) is 24.3 Å². The number of rotatable bonds is 5. The molecule has 30 heavy (non-hydrogen) atoms. The monoisotopic (exact) mass is 421 g/mol. The van der Waals surface area contributed by atoms with Gasteiger partial charge < -0.3 is 33.7 Å². The predicted octanol–water partition coefficient (Wildman–Crippen LogP) is 3.06. The first-order valence-electron chi connectivity index (χ1n) is 10.4. The molecule has 0 aromatic heterocycles. The smallest absolute Gasteiger partial charge is 0.256 e. The molecule has 3 saturated heterocycles. The van der Waals surface area contributed by atoms with Crippen LogP contribution in [0.3, 0.4) is 0 Å². The van der Waals surface area contributed by atoms with E-state index in [-0.39, 0.29) is 5.91 Å². The van der Waals surface area contributed by atoms with Gasteiger partial charge in [0, 0.05) is 0 Å². The molecule has 8 heteroatoms. The normalized spacial score (nSPS) is 33.8. The first-order chi connectivity index (χ1) is 14.0. The molecule has 0 saturated carbocycles. The minimum atomic E-state index is -0.923. The molecule has 166 valence electrons. The molecule has 5 atom stereocenters. The molecule has 0 spiro atoms. The van der Waals surface area contributed by atoms with Gasteiger partial charge in [-0.1, -0.05) is 26.0 Å². The molecule has 0 unspecified atom stereocenters. The molecular weight excluding hydrogens is 390 g/mol. The number of benzene rings is 1. The third-order valence-electron chi connectivity index (χ3n) is 5.13. The maximum absolute atomic E-state index is 13.2. The van der Waals surface area contributed by atoms with E-state index in [9.17, 15) is 4.79 Å². The summed E-state index contributed by atoms with van der Waals surface area (Å²) in [5, 5.41) is 2.92. The second-order valence-corrected chi connectivity index (χ2v) is 9.28. The van der Waals surface area contributed by atoms with Crippen LogP contribution in [0, 0.1) is 5.92 Å². The third kappa shape index (κ3) is 4.33. The molecule has 1 amide bonds. The first kappa shape index (κ1) is 21.5. The number of anilines is 1. The lowest BCUT2D eigenvalue weighted by Gasteiger charge is -2.36. The van der Waals surface area contributed by atoms with E-state index in [0.29, 0.717) is 24.0 Å². The van der Waals surface area contributed by atoms with Gasteiger partial charge in [0.25, 0.3) is 5.91 Å². The van der Waals surface area contributed by atoms with Crippen LogP contribution in [0.2, 0.25) is 0 Å². The number of carbonyl (C=O) groups excluding carboxylic acids is 1. The number of amides is 1. The van der Waals surface area contributed by atoms with Crippen molar-refractivity contribution in [3.05, 3.63) is 24.3 Å². The summed E-state index contributed by atoms with van der Waals surface area (Å²) in [5.41, 5.74) is 0.576. The highest BCUT2D eigenvalue weighted by atomic mass is 16.9. The second kappa shape index (κ2) is 7.76. The van der Waals surface area contributed by atoms with E-state index in [4.69, 9.17) is 28.4 Å². The summed E-state index contributed by atoms with van der Waals surface area (Å²) in [5.74, 6) is -1.07. The van der Waals surface area contributed by atoms with Crippen molar-refractivity contribution < 1.29 is 33.2 Å². The Kier molecular flexibility index (Phi) is 5.57. The van der Waals surface area contributed by atoms with Gasteiger partial charge in [-0.3, -0.25) is 4.79 Å². The number of ether oxygens (including phenoxy) is 6. The zero-order chi connectivity index (χ0) is 21.7. The zero-order valence-electron chi connectivity index (χ0n) is 18.3. The van der Waals surface area contributed by atoms with Gasteiger partial charge in [-0.05, 0) is 45.7 Å². The Morgan fingerprint density at radius 2 is 1.63 bits per heavy atom. The lowest BCUT2D eigenvalue weighted by molar-refractivity contribution is -0.229. The van der Waals surface area contributed by atoms with E-state index in [1.54, 1.807) is 6.07 Å². The lowest BCUT2D eigenvalue weighted by Crippen LogP contribution is -2.58. The Morgan fingerprint density at radius 1 is 1.00 bits per heavy atom. The van der Waals surface area contributed by atoms with E-state index in [1.165, 1.54) is 0 Å². The fourth-order valence-corrected chi connectivity index (χ4v) is 3.98. The molecule has 1 aromatic rings.